The van der Waals surface area contributed by atoms with E-state index in [2.05, 4.69) is 16.9 Å². The van der Waals surface area contributed by atoms with Crippen molar-refractivity contribution >= 4 is 16.9 Å². The largest absolute Gasteiger partial charge is 0.334 e. The van der Waals surface area contributed by atoms with Gasteiger partial charge in [0, 0.05) is 18.1 Å². The topological polar surface area (TPSA) is 75.0 Å². The summed E-state index contributed by atoms with van der Waals surface area (Å²) in [6.07, 6.45) is 3.97. The Hall–Kier alpha value is -1.88. The third-order valence-electron chi connectivity index (χ3n) is 4.62. The number of fused-ring (bicyclic) bond motifs is 1. The fraction of sp³-hybridized carbons (Fsp3) is 0.529. The summed E-state index contributed by atoms with van der Waals surface area (Å²) in [7, 11) is 0. The summed E-state index contributed by atoms with van der Waals surface area (Å²) in [5, 5.41) is 0. The van der Waals surface area contributed by atoms with Gasteiger partial charge < -0.3 is 15.6 Å². The maximum absolute atomic E-state index is 12.8. The number of nitrogens with zero attached hydrogens (tertiary/aromatic N) is 2. The molecule has 1 saturated carbocycles. The van der Waals surface area contributed by atoms with Crippen molar-refractivity contribution in [2.75, 3.05) is 6.54 Å². The molecule has 1 amide bonds. The summed E-state index contributed by atoms with van der Waals surface area (Å²) >= 11 is 0. The lowest BCUT2D eigenvalue weighted by Crippen LogP contribution is -2.50. The van der Waals surface area contributed by atoms with Crippen LogP contribution < -0.4 is 5.73 Å². The standard InChI is InChI=1S/C17H24N4O/c1-3-21(12-7-6-10-17(2,18)11-12)16(22)15-19-13-8-4-5-9-14(13)20-15/h4-5,8-9,12H,3,6-7,10-11,18H2,1-2H3,(H,19,20)/t12-,17?/m0/s1. The van der Waals surface area contributed by atoms with Gasteiger partial charge in [-0.25, -0.2) is 4.98 Å². The highest BCUT2D eigenvalue weighted by Gasteiger charge is 2.34. The second kappa shape index (κ2) is 5.72. The molecule has 1 aliphatic carbocycles. The van der Waals surface area contributed by atoms with E-state index in [1.165, 1.54) is 0 Å². The zero-order valence-electron chi connectivity index (χ0n) is 13.3. The normalized spacial score (nSPS) is 25.3. The van der Waals surface area contributed by atoms with Gasteiger partial charge in [0.2, 0.25) is 0 Å². The van der Waals surface area contributed by atoms with Crippen LogP contribution in [0.3, 0.4) is 0 Å². The molecule has 1 heterocycles. The Morgan fingerprint density at radius 1 is 1.50 bits per heavy atom. The summed E-state index contributed by atoms with van der Waals surface area (Å²) < 4.78 is 0. The Morgan fingerprint density at radius 3 is 2.95 bits per heavy atom. The first-order valence-electron chi connectivity index (χ1n) is 8.05. The maximum atomic E-state index is 12.8. The molecule has 0 aliphatic heterocycles. The van der Waals surface area contributed by atoms with E-state index in [0.717, 1.165) is 36.7 Å². The minimum Gasteiger partial charge on any atom is -0.334 e. The van der Waals surface area contributed by atoms with Gasteiger partial charge in [-0.1, -0.05) is 12.1 Å². The van der Waals surface area contributed by atoms with Crippen LogP contribution in [-0.2, 0) is 0 Å². The quantitative estimate of drug-likeness (QED) is 0.915. The summed E-state index contributed by atoms with van der Waals surface area (Å²) in [5.41, 5.74) is 7.85. The van der Waals surface area contributed by atoms with Crippen molar-refractivity contribution in [3.63, 3.8) is 0 Å². The smallest absolute Gasteiger partial charge is 0.289 e. The van der Waals surface area contributed by atoms with Crippen LogP contribution in [-0.4, -0.2) is 38.9 Å². The molecule has 1 unspecified atom stereocenters. The van der Waals surface area contributed by atoms with Crippen LogP contribution in [0.2, 0.25) is 0 Å². The van der Waals surface area contributed by atoms with Gasteiger partial charge >= 0.3 is 0 Å². The molecule has 2 atom stereocenters. The molecule has 0 radical (unpaired) electrons. The molecule has 5 nitrogen and oxygen atoms in total. The highest BCUT2D eigenvalue weighted by atomic mass is 16.2. The van der Waals surface area contributed by atoms with Gasteiger partial charge in [-0.2, -0.15) is 0 Å². The molecule has 1 aromatic carbocycles. The number of hydrogen-bond acceptors (Lipinski definition) is 3. The van der Waals surface area contributed by atoms with E-state index < -0.39 is 0 Å². The SMILES string of the molecule is CCN(C(=O)c1nc2ccccc2[nH]1)[C@H]1CCCC(C)(N)C1. The van der Waals surface area contributed by atoms with Gasteiger partial charge in [0.05, 0.1) is 11.0 Å². The monoisotopic (exact) mass is 300 g/mol. The Bertz CT molecular complexity index is 643. The van der Waals surface area contributed by atoms with E-state index in [4.69, 9.17) is 5.73 Å². The van der Waals surface area contributed by atoms with Crippen molar-refractivity contribution in [3.05, 3.63) is 30.1 Å². The molecule has 22 heavy (non-hydrogen) atoms. The van der Waals surface area contributed by atoms with Crippen molar-refractivity contribution in [2.45, 2.75) is 51.1 Å². The average molecular weight is 300 g/mol. The number of nitrogens with one attached hydrogen (secondary N) is 1. The third kappa shape index (κ3) is 2.86. The Morgan fingerprint density at radius 2 is 2.27 bits per heavy atom. The fourth-order valence-corrected chi connectivity index (χ4v) is 3.51. The predicted molar refractivity (Wildman–Crippen MR) is 87.7 cm³/mol. The van der Waals surface area contributed by atoms with Crippen LogP contribution >= 0.6 is 0 Å². The molecular weight excluding hydrogens is 276 g/mol. The van der Waals surface area contributed by atoms with Crippen molar-refractivity contribution < 1.29 is 4.79 Å². The molecule has 0 saturated heterocycles. The maximum Gasteiger partial charge on any atom is 0.289 e. The number of aromatic amines is 1. The molecule has 3 N–H and O–H groups in total. The molecule has 2 aromatic rings. The van der Waals surface area contributed by atoms with Crippen molar-refractivity contribution in [1.29, 1.82) is 0 Å². The Labute approximate surface area is 130 Å². The summed E-state index contributed by atoms with van der Waals surface area (Å²) in [6.45, 7) is 4.78. The number of para-hydroxylation sites is 2. The van der Waals surface area contributed by atoms with Gasteiger partial charge in [0.25, 0.3) is 5.91 Å². The number of carbonyl (C=O) groups excluding carboxylic acids is 1. The van der Waals surface area contributed by atoms with Crippen LogP contribution in [0, 0.1) is 0 Å². The fourth-order valence-electron chi connectivity index (χ4n) is 3.51. The number of aromatic nitrogens is 2. The number of amides is 1. The lowest BCUT2D eigenvalue weighted by atomic mass is 9.80. The van der Waals surface area contributed by atoms with Gasteiger partial charge in [-0.3, -0.25) is 4.79 Å². The van der Waals surface area contributed by atoms with Crippen molar-refractivity contribution in [1.82, 2.24) is 14.9 Å². The molecule has 5 heteroatoms. The van der Waals surface area contributed by atoms with E-state index in [0.29, 0.717) is 12.4 Å². The van der Waals surface area contributed by atoms with Gasteiger partial charge in [0.1, 0.15) is 0 Å². The second-order valence-electron chi connectivity index (χ2n) is 6.60. The first-order valence-corrected chi connectivity index (χ1v) is 8.05. The van der Waals surface area contributed by atoms with Crippen molar-refractivity contribution in [2.24, 2.45) is 5.73 Å². The zero-order chi connectivity index (χ0) is 15.7. The van der Waals surface area contributed by atoms with Crippen molar-refractivity contribution in [3.8, 4) is 0 Å². The van der Waals surface area contributed by atoms with Crippen LogP contribution in [0.15, 0.2) is 24.3 Å². The number of H-pyrrole nitrogens is 1. The molecule has 1 fully saturated rings. The molecule has 0 bridgehead atoms. The summed E-state index contributed by atoms with van der Waals surface area (Å²) in [5.74, 6) is 0.397. The van der Waals surface area contributed by atoms with Crippen LogP contribution in [0.1, 0.15) is 50.1 Å². The zero-order valence-corrected chi connectivity index (χ0v) is 13.3. The number of nitrogens with two attached hydrogens (primary N) is 1. The lowest BCUT2D eigenvalue weighted by Gasteiger charge is -2.40. The average Bonchev–Trinajstić information content (AvgIpc) is 2.91. The minimum absolute atomic E-state index is 0.0265. The third-order valence-corrected chi connectivity index (χ3v) is 4.62. The first kappa shape index (κ1) is 15.0. The van der Waals surface area contributed by atoms with Gasteiger partial charge in [-0.05, 0) is 51.7 Å². The predicted octanol–water partition coefficient (Wildman–Crippen LogP) is 2.69. The van der Waals surface area contributed by atoms with E-state index in [1.807, 2.05) is 36.1 Å². The highest BCUT2D eigenvalue weighted by Crippen LogP contribution is 2.29. The molecule has 118 valence electrons. The minimum atomic E-state index is -0.176. The number of carbonyl (C=O) groups is 1. The molecule has 3 rings (SSSR count). The molecule has 1 aromatic heterocycles. The number of hydrogen-bond donors (Lipinski definition) is 2. The van der Waals surface area contributed by atoms with E-state index in [9.17, 15) is 4.79 Å². The van der Waals surface area contributed by atoms with Gasteiger partial charge in [0.15, 0.2) is 5.82 Å². The highest BCUT2D eigenvalue weighted by molar-refractivity contribution is 5.94. The summed E-state index contributed by atoms with van der Waals surface area (Å²) in [4.78, 5) is 22.3. The van der Waals surface area contributed by atoms with Crippen LogP contribution in [0.5, 0.6) is 0 Å². The molecule has 1 aliphatic rings. The van der Waals surface area contributed by atoms with Crippen LogP contribution in [0.25, 0.3) is 11.0 Å². The van der Waals surface area contributed by atoms with E-state index >= 15 is 0 Å². The van der Waals surface area contributed by atoms with Gasteiger partial charge in [-0.15, -0.1) is 0 Å². The van der Waals surface area contributed by atoms with Crippen LogP contribution in [0.4, 0.5) is 0 Å². The Kier molecular flexibility index (Phi) is 3.91. The van der Waals surface area contributed by atoms with E-state index in [1.54, 1.807) is 0 Å². The van der Waals surface area contributed by atoms with E-state index in [-0.39, 0.29) is 17.5 Å². The second-order valence-corrected chi connectivity index (χ2v) is 6.60. The number of rotatable bonds is 3. The lowest BCUT2D eigenvalue weighted by molar-refractivity contribution is 0.0592. The molecular formula is C17H24N4O. The number of benzene rings is 1. The summed E-state index contributed by atoms with van der Waals surface area (Å²) in [6, 6.07) is 7.92. The molecule has 0 spiro atoms. The Balaban J connectivity index is 1.84. The first-order chi connectivity index (χ1) is 10.5. The number of imidazole rings is 1.